The van der Waals surface area contributed by atoms with E-state index in [0.29, 0.717) is 0 Å². The van der Waals surface area contributed by atoms with Crippen molar-refractivity contribution in [2.75, 3.05) is 11.9 Å². The van der Waals surface area contributed by atoms with E-state index in [-0.39, 0.29) is 10.6 Å². The summed E-state index contributed by atoms with van der Waals surface area (Å²) in [6.45, 7) is -0.616. The Labute approximate surface area is 97.9 Å². The first-order valence-electron chi connectivity index (χ1n) is 4.57. The standard InChI is InChI=1S/C9H12N2O5S/c10-17(15,16)7-3-1-2-6(4-7)11-8(5-12)9(13)14/h1-4,8,11-12H,5H2,(H,13,14)(H2,10,15,16)/t8-/m1/s1. The van der Waals surface area contributed by atoms with Gasteiger partial charge in [-0.15, -0.1) is 0 Å². The number of rotatable bonds is 5. The van der Waals surface area contributed by atoms with Crippen molar-refractivity contribution in [1.82, 2.24) is 0 Å². The number of carbonyl (C=O) groups is 1. The number of nitrogens with two attached hydrogens (primary N) is 1. The van der Waals surface area contributed by atoms with Crippen LogP contribution in [0.1, 0.15) is 0 Å². The Kier molecular flexibility index (Phi) is 4.05. The molecule has 0 unspecified atom stereocenters. The first kappa shape index (κ1) is 13.4. The van der Waals surface area contributed by atoms with Crippen LogP contribution in [0.15, 0.2) is 29.2 Å². The lowest BCUT2D eigenvalue weighted by Gasteiger charge is -2.13. The third-order valence-corrected chi connectivity index (χ3v) is 2.90. The predicted octanol–water partition coefficient (Wildman–Crippen LogP) is -0.809. The van der Waals surface area contributed by atoms with Crippen molar-refractivity contribution in [2.45, 2.75) is 10.9 Å². The van der Waals surface area contributed by atoms with Crippen molar-refractivity contribution in [3.63, 3.8) is 0 Å². The van der Waals surface area contributed by atoms with Crippen LogP contribution in [0.2, 0.25) is 0 Å². The molecule has 1 aromatic carbocycles. The van der Waals surface area contributed by atoms with Crippen LogP contribution in [0.4, 0.5) is 5.69 Å². The van der Waals surface area contributed by atoms with Crippen LogP contribution in [0.3, 0.4) is 0 Å². The number of nitrogens with one attached hydrogen (secondary N) is 1. The topological polar surface area (TPSA) is 130 Å². The zero-order valence-corrected chi connectivity index (χ0v) is 9.52. The van der Waals surface area contributed by atoms with Crippen LogP contribution in [-0.2, 0) is 14.8 Å². The Morgan fingerprint density at radius 1 is 1.47 bits per heavy atom. The van der Waals surface area contributed by atoms with E-state index in [1.165, 1.54) is 24.3 Å². The Bertz CT molecular complexity index is 514. The van der Waals surface area contributed by atoms with Crippen molar-refractivity contribution < 1.29 is 23.4 Å². The van der Waals surface area contributed by atoms with Crippen LogP contribution in [-0.4, -0.2) is 37.2 Å². The van der Waals surface area contributed by atoms with Crippen molar-refractivity contribution in [3.05, 3.63) is 24.3 Å². The fourth-order valence-corrected chi connectivity index (χ4v) is 1.71. The molecule has 0 spiro atoms. The Hall–Kier alpha value is -1.64. The molecule has 1 atom stereocenters. The number of aliphatic hydroxyl groups excluding tert-OH is 1. The molecular formula is C9H12N2O5S. The van der Waals surface area contributed by atoms with Gasteiger partial charge >= 0.3 is 5.97 Å². The van der Waals surface area contributed by atoms with Gasteiger partial charge in [-0.3, -0.25) is 0 Å². The summed E-state index contributed by atoms with van der Waals surface area (Å²) in [4.78, 5) is 10.5. The van der Waals surface area contributed by atoms with E-state index in [9.17, 15) is 13.2 Å². The summed E-state index contributed by atoms with van der Waals surface area (Å²) in [5.41, 5.74) is 0.248. The predicted molar refractivity (Wildman–Crippen MR) is 59.9 cm³/mol. The molecule has 17 heavy (non-hydrogen) atoms. The lowest BCUT2D eigenvalue weighted by Crippen LogP contribution is -2.32. The number of aliphatic hydroxyl groups is 1. The van der Waals surface area contributed by atoms with Gasteiger partial charge in [0.25, 0.3) is 0 Å². The van der Waals surface area contributed by atoms with Gasteiger partial charge in [-0.1, -0.05) is 6.07 Å². The summed E-state index contributed by atoms with van der Waals surface area (Å²) >= 11 is 0. The summed E-state index contributed by atoms with van der Waals surface area (Å²) in [5.74, 6) is -1.24. The zero-order valence-electron chi connectivity index (χ0n) is 8.70. The molecule has 1 aromatic rings. The second-order valence-electron chi connectivity index (χ2n) is 3.29. The summed E-state index contributed by atoms with van der Waals surface area (Å²) in [7, 11) is -3.84. The maximum atomic E-state index is 11.1. The average molecular weight is 260 g/mol. The highest BCUT2D eigenvalue weighted by atomic mass is 32.2. The number of benzene rings is 1. The number of sulfonamides is 1. The highest BCUT2D eigenvalue weighted by Gasteiger charge is 2.16. The van der Waals surface area contributed by atoms with Crippen molar-refractivity contribution >= 4 is 21.7 Å². The number of aliphatic carboxylic acids is 1. The zero-order chi connectivity index (χ0) is 13.1. The lowest BCUT2D eigenvalue weighted by molar-refractivity contribution is -0.138. The molecule has 0 aromatic heterocycles. The van der Waals surface area contributed by atoms with Gasteiger partial charge in [-0.25, -0.2) is 18.4 Å². The maximum Gasteiger partial charge on any atom is 0.328 e. The molecule has 0 fully saturated rings. The van der Waals surface area contributed by atoms with E-state index in [2.05, 4.69) is 5.32 Å². The Balaban J connectivity index is 2.97. The molecule has 5 N–H and O–H groups in total. The van der Waals surface area contributed by atoms with Gasteiger partial charge in [-0.2, -0.15) is 0 Å². The molecular weight excluding hydrogens is 248 g/mol. The summed E-state index contributed by atoms with van der Waals surface area (Å²) in [5, 5.41) is 24.9. The first-order valence-corrected chi connectivity index (χ1v) is 6.12. The molecule has 0 bridgehead atoms. The Morgan fingerprint density at radius 2 is 2.12 bits per heavy atom. The molecule has 0 saturated carbocycles. The van der Waals surface area contributed by atoms with E-state index in [4.69, 9.17) is 15.4 Å². The minimum Gasteiger partial charge on any atom is -0.480 e. The van der Waals surface area contributed by atoms with Crippen molar-refractivity contribution in [2.24, 2.45) is 5.14 Å². The highest BCUT2D eigenvalue weighted by molar-refractivity contribution is 7.89. The molecule has 0 amide bonds. The van der Waals surface area contributed by atoms with E-state index in [1.54, 1.807) is 0 Å². The molecule has 7 nitrogen and oxygen atoms in total. The second kappa shape index (κ2) is 5.13. The largest absolute Gasteiger partial charge is 0.480 e. The fraction of sp³-hybridized carbons (Fsp3) is 0.222. The van der Waals surface area contributed by atoms with E-state index < -0.39 is 28.6 Å². The van der Waals surface area contributed by atoms with Crippen molar-refractivity contribution in [3.8, 4) is 0 Å². The molecule has 8 heteroatoms. The SMILES string of the molecule is NS(=O)(=O)c1cccc(N[C@H](CO)C(=O)O)c1. The van der Waals surface area contributed by atoms with Gasteiger partial charge in [0.1, 0.15) is 6.04 Å². The van der Waals surface area contributed by atoms with Crippen LogP contribution in [0.25, 0.3) is 0 Å². The van der Waals surface area contributed by atoms with Crippen LogP contribution in [0.5, 0.6) is 0 Å². The number of anilines is 1. The molecule has 0 radical (unpaired) electrons. The van der Waals surface area contributed by atoms with Gasteiger partial charge in [0.05, 0.1) is 11.5 Å². The van der Waals surface area contributed by atoms with Gasteiger partial charge in [-0.05, 0) is 18.2 Å². The normalized spacial score (nSPS) is 13.1. The smallest absolute Gasteiger partial charge is 0.328 e. The van der Waals surface area contributed by atoms with E-state index in [0.717, 1.165) is 0 Å². The molecule has 0 aliphatic rings. The lowest BCUT2D eigenvalue weighted by atomic mass is 10.2. The summed E-state index contributed by atoms with van der Waals surface area (Å²) < 4.78 is 22.1. The maximum absolute atomic E-state index is 11.1. The molecule has 0 heterocycles. The van der Waals surface area contributed by atoms with Gasteiger partial charge < -0.3 is 15.5 Å². The summed E-state index contributed by atoms with van der Waals surface area (Å²) in [6, 6.07) is 4.17. The quantitative estimate of drug-likeness (QED) is 0.548. The van der Waals surface area contributed by atoms with Crippen LogP contribution >= 0.6 is 0 Å². The van der Waals surface area contributed by atoms with E-state index >= 15 is 0 Å². The van der Waals surface area contributed by atoms with Crippen LogP contribution in [0, 0.1) is 0 Å². The molecule has 94 valence electrons. The fourth-order valence-electron chi connectivity index (χ4n) is 1.15. The van der Waals surface area contributed by atoms with Gasteiger partial charge in [0.15, 0.2) is 0 Å². The third-order valence-electron chi connectivity index (χ3n) is 1.98. The molecule has 1 rings (SSSR count). The number of carboxylic acid groups (broad SMARTS) is 1. The van der Waals surface area contributed by atoms with Crippen LogP contribution < -0.4 is 10.5 Å². The summed E-state index contributed by atoms with van der Waals surface area (Å²) in [6.07, 6.45) is 0. The van der Waals surface area contributed by atoms with Gasteiger partial charge in [0.2, 0.25) is 10.0 Å². The number of hydrogen-bond donors (Lipinski definition) is 4. The first-order chi connectivity index (χ1) is 7.84. The van der Waals surface area contributed by atoms with Crippen molar-refractivity contribution in [1.29, 1.82) is 0 Å². The minimum absolute atomic E-state index is 0.135. The number of primary sulfonamides is 1. The third kappa shape index (κ3) is 3.70. The number of carboxylic acids is 1. The Morgan fingerprint density at radius 3 is 2.59 bits per heavy atom. The molecule has 0 aliphatic carbocycles. The highest BCUT2D eigenvalue weighted by Crippen LogP contribution is 2.14. The minimum atomic E-state index is -3.84. The second-order valence-corrected chi connectivity index (χ2v) is 4.85. The number of hydrogen-bond acceptors (Lipinski definition) is 5. The monoisotopic (exact) mass is 260 g/mol. The molecule has 0 saturated heterocycles. The van der Waals surface area contributed by atoms with E-state index in [1.807, 2.05) is 0 Å². The van der Waals surface area contributed by atoms with Gasteiger partial charge in [0, 0.05) is 5.69 Å². The average Bonchev–Trinajstić information content (AvgIpc) is 2.24. The molecule has 0 aliphatic heterocycles.